The summed E-state index contributed by atoms with van der Waals surface area (Å²) in [6, 6.07) is 7.77. The zero-order valence-electron chi connectivity index (χ0n) is 10.9. The van der Waals surface area contributed by atoms with Gasteiger partial charge in [-0.15, -0.1) is 0 Å². The molecule has 3 aromatic rings. The summed E-state index contributed by atoms with van der Waals surface area (Å²) in [7, 11) is 0. The summed E-state index contributed by atoms with van der Waals surface area (Å²) in [6.45, 7) is 0.440. The molecule has 106 valence electrons. The second-order valence-corrected chi connectivity index (χ2v) is 5.06. The molecular formula is C15H11ClFN3O. The number of halogens is 2. The minimum atomic E-state index is -0.562. The summed E-state index contributed by atoms with van der Waals surface area (Å²) >= 11 is 6.20. The van der Waals surface area contributed by atoms with Gasteiger partial charge < -0.3 is 10.3 Å². The smallest absolute Gasteiger partial charge is 0.252 e. The highest BCUT2D eigenvalue weighted by atomic mass is 35.5. The van der Waals surface area contributed by atoms with Crippen LogP contribution >= 0.6 is 11.6 Å². The topological polar surface area (TPSA) is 60.9 Å². The van der Waals surface area contributed by atoms with Crippen molar-refractivity contribution in [3.05, 3.63) is 64.7 Å². The summed E-state index contributed by atoms with van der Waals surface area (Å²) in [5, 5.41) is 0.481. The molecule has 1 aromatic carbocycles. The largest absolute Gasteiger partial charge is 0.365 e. The van der Waals surface area contributed by atoms with Gasteiger partial charge in [-0.2, -0.15) is 0 Å². The number of carbonyl (C=O) groups is 1. The van der Waals surface area contributed by atoms with Gasteiger partial charge >= 0.3 is 0 Å². The van der Waals surface area contributed by atoms with Crippen LogP contribution < -0.4 is 5.73 Å². The van der Waals surface area contributed by atoms with Crippen molar-refractivity contribution in [1.29, 1.82) is 0 Å². The summed E-state index contributed by atoms with van der Waals surface area (Å²) in [5.74, 6) is -0.860. The van der Waals surface area contributed by atoms with Crippen molar-refractivity contribution < 1.29 is 9.18 Å². The highest BCUT2D eigenvalue weighted by molar-refractivity contribution is 6.35. The molecule has 0 bridgehead atoms. The number of amides is 1. The highest BCUT2D eigenvalue weighted by Gasteiger charge is 2.16. The molecule has 0 aliphatic rings. The van der Waals surface area contributed by atoms with E-state index in [9.17, 15) is 9.18 Å². The van der Waals surface area contributed by atoms with E-state index in [-0.39, 0.29) is 5.82 Å². The number of nitrogens with zero attached hydrogens (tertiary/aromatic N) is 2. The molecule has 0 fully saturated rings. The standard InChI is InChI=1S/C15H11ClFN3O/c16-12-5-6-19-13-11(15(18)21)8-20(14(12)13)7-9-1-3-10(17)4-2-9/h1-6,8H,7H2,(H2,18,21). The lowest BCUT2D eigenvalue weighted by Crippen LogP contribution is -2.10. The Hall–Kier alpha value is -2.40. The van der Waals surface area contributed by atoms with Crippen LogP contribution in [0.25, 0.3) is 11.0 Å². The van der Waals surface area contributed by atoms with Crippen LogP contribution in [0, 0.1) is 5.82 Å². The monoisotopic (exact) mass is 303 g/mol. The highest BCUT2D eigenvalue weighted by Crippen LogP contribution is 2.26. The fourth-order valence-electron chi connectivity index (χ4n) is 2.27. The average Bonchev–Trinajstić information content (AvgIpc) is 2.82. The molecule has 0 radical (unpaired) electrons. The summed E-state index contributed by atoms with van der Waals surface area (Å²) in [4.78, 5) is 15.7. The zero-order valence-corrected chi connectivity index (χ0v) is 11.6. The number of primary amides is 1. The second-order valence-electron chi connectivity index (χ2n) is 4.65. The zero-order chi connectivity index (χ0) is 15.0. The number of aromatic nitrogens is 2. The second kappa shape index (κ2) is 5.18. The number of pyridine rings is 1. The average molecular weight is 304 g/mol. The normalized spacial score (nSPS) is 11.0. The van der Waals surface area contributed by atoms with Crippen molar-refractivity contribution >= 4 is 28.5 Å². The van der Waals surface area contributed by atoms with E-state index in [0.29, 0.717) is 28.2 Å². The van der Waals surface area contributed by atoms with E-state index < -0.39 is 5.91 Å². The van der Waals surface area contributed by atoms with Crippen molar-refractivity contribution in [3.8, 4) is 0 Å². The lowest BCUT2D eigenvalue weighted by molar-refractivity contribution is 0.100. The summed E-state index contributed by atoms with van der Waals surface area (Å²) < 4.78 is 14.7. The summed E-state index contributed by atoms with van der Waals surface area (Å²) in [5.41, 5.74) is 7.67. The molecule has 6 heteroatoms. The lowest BCUT2D eigenvalue weighted by Gasteiger charge is -2.06. The third-order valence-corrected chi connectivity index (χ3v) is 3.54. The van der Waals surface area contributed by atoms with Crippen LogP contribution in [-0.4, -0.2) is 15.5 Å². The third-order valence-electron chi connectivity index (χ3n) is 3.23. The van der Waals surface area contributed by atoms with E-state index in [1.165, 1.54) is 18.3 Å². The number of nitrogens with two attached hydrogens (primary N) is 1. The first kappa shape index (κ1) is 13.6. The van der Waals surface area contributed by atoms with E-state index in [0.717, 1.165) is 5.56 Å². The molecule has 0 aliphatic carbocycles. The van der Waals surface area contributed by atoms with Crippen LogP contribution in [0.3, 0.4) is 0 Å². The maximum atomic E-state index is 13.0. The number of hydrogen-bond donors (Lipinski definition) is 1. The number of rotatable bonds is 3. The Kier molecular flexibility index (Phi) is 3.35. The van der Waals surface area contributed by atoms with Crippen LogP contribution in [0.4, 0.5) is 4.39 Å². The van der Waals surface area contributed by atoms with Gasteiger partial charge in [-0.1, -0.05) is 23.7 Å². The van der Waals surface area contributed by atoms with E-state index in [1.807, 2.05) is 0 Å². The Balaban J connectivity index is 2.13. The van der Waals surface area contributed by atoms with Gasteiger partial charge in [0, 0.05) is 18.9 Å². The maximum absolute atomic E-state index is 13.0. The Morgan fingerprint density at radius 2 is 2.00 bits per heavy atom. The Morgan fingerprint density at radius 1 is 1.29 bits per heavy atom. The molecule has 0 saturated heterocycles. The van der Waals surface area contributed by atoms with Crippen molar-refractivity contribution in [2.45, 2.75) is 6.54 Å². The lowest BCUT2D eigenvalue weighted by atomic mass is 10.2. The van der Waals surface area contributed by atoms with E-state index in [1.54, 1.807) is 29.0 Å². The van der Waals surface area contributed by atoms with Crippen LogP contribution in [0.5, 0.6) is 0 Å². The molecule has 2 heterocycles. The van der Waals surface area contributed by atoms with Gasteiger partial charge in [0.1, 0.15) is 11.3 Å². The van der Waals surface area contributed by atoms with E-state index in [4.69, 9.17) is 17.3 Å². The Labute approximate surface area is 125 Å². The molecule has 0 atom stereocenters. The molecule has 2 aromatic heterocycles. The molecule has 2 N–H and O–H groups in total. The van der Waals surface area contributed by atoms with Gasteiger partial charge in [-0.3, -0.25) is 9.78 Å². The van der Waals surface area contributed by atoms with E-state index >= 15 is 0 Å². The molecule has 0 spiro atoms. The number of benzene rings is 1. The number of hydrogen-bond acceptors (Lipinski definition) is 2. The maximum Gasteiger partial charge on any atom is 0.252 e. The fraction of sp³-hybridized carbons (Fsp3) is 0.0667. The van der Waals surface area contributed by atoms with Crippen molar-refractivity contribution in [1.82, 2.24) is 9.55 Å². The Morgan fingerprint density at radius 3 is 2.67 bits per heavy atom. The quantitative estimate of drug-likeness (QED) is 0.808. The molecule has 0 saturated carbocycles. The van der Waals surface area contributed by atoms with Gasteiger partial charge in [-0.25, -0.2) is 4.39 Å². The molecule has 0 aliphatic heterocycles. The fourth-order valence-corrected chi connectivity index (χ4v) is 2.53. The molecule has 0 unspecified atom stereocenters. The first-order valence-corrected chi connectivity index (χ1v) is 6.61. The van der Waals surface area contributed by atoms with Gasteiger partial charge in [0.05, 0.1) is 16.1 Å². The number of carbonyl (C=O) groups excluding carboxylic acids is 1. The predicted octanol–water partition coefficient (Wildman–Crippen LogP) is 2.98. The Bertz CT molecular complexity index is 827. The van der Waals surface area contributed by atoms with Crippen LogP contribution in [-0.2, 0) is 6.54 Å². The molecule has 21 heavy (non-hydrogen) atoms. The minimum absolute atomic E-state index is 0.298. The van der Waals surface area contributed by atoms with Crippen LogP contribution in [0.15, 0.2) is 42.7 Å². The molecule has 3 rings (SSSR count). The van der Waals surface area contributed by atoms with Crippen LogP contribution in [0.1, 0.15) is 15.9 Å². The van der Waals surface area contributed by atoms with Crippen molar-refractivity contribution in [2.24, 2.45) is 5.73 Å². The first-order chi connectivity index (χ1) is 10.1. The third kappa shape index (κ3) is 2.48. The van der Waals surface area contributed by atoms with E-state index in [2.05, 4.69) is 4.98 Å². The minimum Gasteiger partial charge on any atom is -0.365 e. The van der Waals surface area contributed by atoms with Gasteiger partial charge in [-0.05, 0) is 23.8 Å². The molecule has 1 amide bonds. The molecular weight excluding hydrogens is 293 g/mol. The van der Waals surface area contributed by atoms with Crippen molar-refractivity contribution in [2.75, 3.05) is 0 Å². The molecule has 4 nitrogen and oxygen atoms in total. The van der Waals surface area contributed by atoms with Gasteiger partial charge in [0.2, 0.25) is 0 Å². The predicted molar refractivity (Wildman–Crippen MR) is 78.8 cm³/mol. The van der Waals surface area contributed by atoms with Gasteiger partial charge in [0.25, 0.3) is 5.91 Å². The van der Waals surface area contributed by atoms with Gasteiger partial charge in [0.15, 0.2) is 0 Å². The first-order valence-electron chi connectivity index (χ1n) is 6.24. The van der Waals surface area contributed by atoms with Crippen molar-refractivity contribution in [3.63, 3.8) is 0 Å². The SMILES string of the molecule is NC(=O)c1cn(Cc2ccc(F)cc2)c2c(Cl)ccnc12. The summed E-state index contributed by atoms with van der Waals surface area (Å²) in [6.07, 6.45) is 3.15. The number of fused-ring (bicyclic) bond motifs is 1. The van der Waals surface area contributed by atoms with Crippen LogP contribution in [0.2, 0.25) is 5.02 Å².